The molecule has 1 aromatic carbocycles. The lowest BCUT2D eigenvalue weighted by molar-refractivity contribution is 0.102. The number of carbonyl (C=O) groups excluding carboxylic acids is 1. The molecule has 0 unspecified atom stereocenters. The Hall–Kier alpha value is -2.67. The predicted molar refractivity (Wildman–Crippen MR) is 83.1 cm³/mol. The van der Waals surface area contributed by atoms with Crippen molar-refractivity contribution in [2.75, 3.05) is 5.32 Å². The molecule has 22 heavy (non-hydrogen) atoms. The first-order chi connectivity index (χ1) is 10.5. The smallest absolute Gasteiger partial charge is 0.267 e. The number of aromatic hydroxyl groups is 1. The van der Waals surface area contributed by atoms with Crippen LogP contribution >= 0.6 is 11.3 Å². The van der Waals surface area contributed by atoms with Crippen LogP contribution in [0.15, 0.2) is 40.5 Å². The van der Waals surface area contributed by atoms with Crippen LogP contribution in [0.5, 0.6) is 5.75 Å². The lowest BCUT2D eigenvalue weighted by Crippen LogP contribution is -2.27. The maximum atomic E-state index is 13.1. The Morgan fingerprint density at radius 1 is 1.36 bits per heavy atom. The van der Waals surface area contributed by atoms with E-state index in [4.69, 9.17) is 0 Å². The molecular formula is C15H11FN2O3S. The normalized spacial score (nSPS) is 10.8. The summed E-state index contributed by atoms with van der Waals surface area (Å²) in [6, 6.07) is 6.99. The number of hydrogen-bond acceptors (Lipinski definition) is 4. The summed E-state index contributed by atoms with van der Waals surface area (Å²) in [6.45, 7) is 0. The molecule has 2 heterocycles. The average Bonchev–Trinajstić information content (AvgIpc) is 2.95. The molecule has 2 N–H and O–H groups in total. The van der Waals surface area contributed by atoms with Gasteiger partial charge in [-0.25, -0.2) is 4.39 Å². The second-order valence-electron chi connectivity index (χ2n) is 4.69. The average molecular weight is 318 g/mol. The van der Waals surface area contributed by atoms with E-state index >= 15 is 0 Å². The number of pyridine rings is 1. The largest absolute Gasteiger partial charge is 0.505 e. The van der Waals surface area contributed by atoms with Gasteiger partial charge in [-0.15, -0.1) is 11.3 Å². The maximum absolute atomic E-state index is 13.1. The lowest BCUT2D eigenvalue weighted by Gasteiger charge is -2.09. The van der Waals surface area contributed by atoms with Gasteiger partial charge in [0.1, 0.15) is 11.4 Å². The van der Waals surface area contributed by atoms with Crippen LogP contribution in [0, 0.1) is 5.82 Å². The second-order valence-corrected chi connectivity index (χ2v) is 5.60. The summed E-state index contributed by atoms with van der Waals surface area (Å²) >= 11 is 1.23. The summed E-state index contributed by atoms with van der Waals surface area (Å²) in [5.41, 5.74) is -0.216. The summed E-state index contributed by atoms with van der Waals surface area (Å²) in [6.07, 6.45) is 0. The number of hydrogen-bond donors (Lipinski definition) is 2. The summed E-state index contributed by atoms with van der Waals surface area (Å²) in [5, 5.41) is 14.3. The second kappa shape index (κ2) is 5.27. The first-order valence-electron chi connectivity index (χ1n) is 6.35. The van der Waals surface area contributed by atoms with Crippen LogP contribution in [-0.4, -0.2) is 15.6 Å². The standard InChI is InChI=1S/C15H11FN2O3S/c1-18-10-5-6-22-13(10)12(19)11(15(18)21)14(20)17-9-4-2-3-8(16)7-9/h2-7,19H,1H3,(H,17,20). The van der Waals surface area contributed by atoms with Crippen LogP contribution < -0.4 is 10.9 Å². The van der Waals surface area contributed by atoms with Gasteiger partial charge in [0, 0.05) is 12.7 Å². The number of aromatic nitrogens is 1. The molecule has 0 fully saturated rings. The first-order valence-corrected chi connectivity index (χ1v) is 7.23. The number of rotatable bonds is 2. The zero-order chi connectivity index (χ0) is 15.9. The van der Waals surface area contributed by atoms with E-state index < -0.39 is 17.3 Å². The van der Waals surface area contributed by atoms with E-state index in [-0.39, 0.29) is 17.0 Å². The minimum atomic E-state index is -0.779. The topological polar surface area (TPSA) is 71.3 Å². The van der Waals surface area contributed by atoms with Gasteiger partial charge in [-0.05, 0) is 29.6 Å². The maximum Gasteiger partial charge on any atom is 0.267 e. The highest BCUT2D eigenvalue weighted by molar-refractivity contribution is 7.17. The SMILES string of the molecule is Cn1c(=O)c(C(=O)Nc2cccc(F)c2)c(O)c2sccc21. The summed E-state index contributed by atoms with van der Waals surface area (Å²) < 4.78 is 14.9. The van der Waals surface area contributed by atoms with Crippen LogP contribution in [-0.2, 0) is 7.05 Å². The van der Waals surface area contributed by atoms with Gasteiger partial charge < -0.3 is 15.0 Å². The number of nitrogens with one attached hydrogen (secondary N) is 1. The molecule has 0 saturated heterocycles. The first kappa shape index (κ1) is 14.3. The van der Waals surface area contributed by atoms with Gasteiger partial charge in [-0.2, -0.15) is 0 Å². The third-order valence-electron chi connectivity index (χ3n) is 3.29. The van der Waals surface area contributed by atoms with Crippen molar-refractivity contribution in [3.63, 3.8) is 0 Å². The molecule has 5 nitrogen and oxygen atoms in total. The number of anilines is 1. The van der Waals surface area contributed by atoms with Crippen LogP contribution in [0.1, 0.15) is 10.4 Å². The molecule has 0 saturated carbocycles. The fourth-order valence-corrected chi connectivity index (χ4v) is 3.07. The minimum Gasteiger partial charge on any atom is -0.505 e. The van der Waals surface area contributed by atoms with Gasteiger partial charge in [0.05, 0.1) is 10.2 Å². The van der Waals surface area contributed by atoms with E-state index in [0.29, 0.717) is 10.2 Å². The van der Waals surface area contributed by atoms with Crippen molar-refractivity contribution in [1.29, 1.82) is 0 Å². The molecule has 112 valence electrons. The summed E-state index contributed by atoms with van der Waals surface area (Å²) in [5.74, 6) is -1.65. The fraction of sp³-hybridized carbons (Fsp3) is 0.0667. The molecule has 0 bridgehead atoms. The lowest BCUT2D eigenvalue weighted by atomic mass is 10.2. The molecule has 0 spiro atoms. The zero-order valence-electron chi connectivity index (χ0n) is 11.5. The number of benzene rings is 1. The number of nitrogens with zero attached hydrogens (tertiary/aromatic N) is 1. The highest BCUT2D eigenvalue weighted by Gasteiger charge is 2.22. The highest BCUT2D eigenvalue weighted by atomic mass is 32.1. The van der Waals surface area contributed by atoms with Crippen molar-refractivity contribution < 1.29 is 14.3 Å². The molecule has 0 atom stereocenters. The third kappa shape index (κ3) is 2.25. The molecule has 1 amide bonds. The van der Waals surface area contributed by atoms with Crippen molar-refractivity contribution in [3.8, 4) is 5.75 Å². The van der Waals surface area contributed by atoms with Crippen LogP contribution in [0.2, 0.25) is 0 Å². The Balaban J connectivity index is 2.10. The quantitative estimate of drug-likeness (QED) is 0.763. The highest BCUT2D eigenvalue weighted by Crippen LogP contribution is 2.30. The molecule has 7 heteroatoms. The predicted octanol–water partition coefficient (Wildman–Crippen LogP) is 2.70. The minimum absolute atomic E-state index is 0.206. The van der Waals surface area contributed by atoms with Gasteiger partial charge in [0.2, 0.25) is 0 Å². The van der Waals surface area contributed by atoms with E-state index in [0.717, 1.165) is 6.07 Å². The van der Waals surface area contributed by atoms with Crippen molar-refractivity contribution in [3.05, 3.63) is 57.4 Å². The van der Waals surface area contributed by atoms with Gasteiger partial charge >= 0.3 is 0 Å². The molecule has 0 aliphatic carbocycles. The van der Waals surface area contributed by atoms with E-state index in [1.54, 1.807) is 11.4 Å². The van der Waals surface area contributed by atoms with E-state index in [9.17, 15) is 19.1 Å². The molecular weight excluding hydrogens is 307 g/mol. The Morgan fingerprint density at radius 3 is 2.86 bits per heavy atom. The Morgan fingerprint density at radius 2 is 2.14 bits per heavy atom. The van der Waals surface area contributed by atoms with Gasteiger partial charge in [0.25, 0.3) is 11.5 Å². The van der Waals surface area contributed by atoms with Crippen molar-refractivity contribution in [1.82, 2.24) is 4.57 Å². The molecule has 0 aliphatic rings. The summed E-state index contributed by atoms with van der Waals surface area (Å²) in [4.78, 5) is 24.6. The fourth-order valence-electron chi connectivity index (χ4n) is 2.20. The number of thiophene rings is 1. The summed E-state index contributed by atoms with van der Waals surface area (Å²) in [7, 11) is 1.52. The Kier molecular flexibility index (Phi) is 3.42. The van der Waals surface area contributed by atoms with E-state index in [1.165, 1.54) is 41.2 Å². The van der Waals surface area contributed by atoms with Crippen LogP contribution in [0.25, 0.3) is 10.2 Å². The molecule has 2 aromatic heterocycles. The molecule has 0 radical (unpaired) electrons. The van der Waals surface area contributed by atoms with Gasteiger partial charge in [-0.1, -0.05) is 6.07 Å². The van der Waals surface area contributed by atoms with Crippen molar-refractivity contribution >= 4 is 33.1 Å². The van der Waals surface area contributed by atoms with Crippen LogP contribution in [0.4, 0.5) is 10.1 Å². The zero-order valence-corrected chi connectivity index (χ0v) is 12.3. The number of amides is 1. The Bertz CT molecular complexity index is 946. The number of carbonyl (C=O) groups is 1. The van der Waals surface area contributed by atoms with Crippen molar-refractivity contribution in [2.45, 2.75) is 0 Å². The molecule has 3 aromatic rings. The number of aryl methyl sites for hydroxylation is 1. The number of fused-ring (bicyclic) bond motifs is 1. The monoisotopic (exact) mass is 318 g/mol. The Labute approximate surface area is 128 Å². The van der Waals surface area contributed by atoms with Gasteiger partial charge in [-0.3, -0.25) is 9.59 Å². The molecule has 3 rings (SSSR count). The molecule has 0 aliphatic heterocycles. The van der Waals surface area contributed by atoms with E-state index in [1.807, 2.05) is 0 Å². The van der Waals surface area contributed by atoms with Gasteiger partial charge in [0.15, 0.2) is 5.75 Å². The van der Waals surface area contributed by atoms with Crippen molar-refractivity contribution in [2.24, 2.45) is 7.05 Å². The van der Waals surface area contributed by atoms with Crippen LogP contribution in [0.3, 0.4) is 0 Å². The van der Waals surface area contributed by atoms with E-state index in [2.05, 4.69) is 5.32 Å². The third-order valence-corrected chi connectivity index (χ3v) is 4.20. The number of halogens is 1.